The molecule has 2 heterocycles. The number of aromatic nitrogens is 2. The van der Waals surface area contributed by atoms with Gasteiger partial charge in [-0.2, -0.15) is 4.98 Å². The average Bonchev–Trinajstić information content (AvgIpc) is 3.83. The van der Waals surface area contributed by atoms with Gasteiger partial charge in [0.05, 0.1) is 31.2 Å². The van der Waals surface area contributed by atoms with Gasteiger partial charge in [-0.05, 0) is 49.8 Å². The van der Waals surface area contributed by atoms with E-state index in [9.17, 15) is 9.90 Å². The molecule has 0 bridgehead atoms. The summed E-state index contributed by atoms with van der Waals surface area (Å²) in [6, 6.07) is 28.2. The predicted molar refractivity (Wildman–Crippen MR) is 167 cm³/mol. The van der Waals surface area contributed by atoms with Crippen LogP contribution in [-0.4, -0.2) is 75.9 Å². The van der Waals surface area contributed by atoms with Gasteiger partial charge in [0.1, 0.15) is 5.75 Å². The molecule has 1 aliphatic heterocycles. The highest BCUT2D eigenvalue weighted by molar-refractivity contribution is 5.99. The standard InChI is InChI=1S/C35H40N4O4/c1-3-43-35-36-32(33(27-14-8-5-9-15-27)39(35)29-16-10-11-17-31(29)42-2)34(41)38-21-20-37(23-25-12-6-4-7-13-25)24-28(38)22-30(40)26-18-19-26/h4-17,26,28,30,40H,3,18-24H2,1-2H3/t28-,30+/m1/s1. The van der Waals surface area contributed by atoms with Gasteiger partial charge in [-0.25, -0.2) is 0 Å². The van der Waals surface area contributed by atoms with E-state index in [1.165, 1.54) is 5.56 Å². The largest absolute Gasteiger partial charge is 0.495 e. The molecule has 43 heavy (non-hydrogen) atoms. The summed E-state index contributed by atoms with van der Waals surface area (Å²) >= 11 is 0. The van der Waals surface area contributed by atoms with Crippen molar-refractivity contribution >= 4 is 5.91 Å². The number of hydrogen-bond acceptors (Lipinski definition) is 6. The fraction of sp³-hybridized carbons (Fsp3) is 0.371. The smallest absolute Gasteiger partial charge is 0.302 e. The van der Waals surface area contributed by atoms with Crippen molar-refractivity contribution in [1.82, 2.24) is 19.4 Å². The van der Waals surface area contributed by atoms with E-state index in [1.54, 1.807) is 7.11 Å². The van der Waals surface area contributed by atoms with Gasteiger partial charge >= 0.3 is 6.01 Å². The normalized spacial score (nSPS) is 17.9. The Balaban J connectivity index is 1.40. The van der Waals surface area contributed by atoms with E-state index < -0.39 is 6.10 Å². The highest BCUT2D eigenvalue weighted by Gasteiger charge is 2.39. The van der Waals surface area contributed by atoms with Crippen molar-refractivity contribution in [3.05, 3.63) is 96.2 Å². The molecule has 1 saturated heterocycles. The summed E-state index contributed by atoms with van der Waals surface area (Å²) in [5.74, 6) is 0.827. The van der Waals surface area contributed by atoms with Crippen LogP contribution in [0.3, 0.4) is 0 Å². The lowest BCUT2D eigenvalue weighted by molar-refractivity contribution is 0.0244. The van der Waals surface area contributed by atoms with Crippen LogP contribution in [-0.2, 0) is 6.54 Å². The topological polar surface area (TPSA) is 80.1 Å². The maximum absolute atomic E-state index is 14.7. The van der Waals surface area contributed by atoms with Crippen LogP contribution in [0, 0.1) is 5.92 Å². The molecule has 4 aromatic rings. The Labute approximate surface area is 253 Å². The molecule has 3 aromatic carbocycles. The van der Waals surface area contributed by atoms with E-state index in [0.29, 0.717) is 55.2 Å². The minimum absolute atomic E-state index is 0.142. The summed E-state index contributed by atoms with van der Waals surface area (Å²) in [6.45, 7) is 5.09. The zero-order chi connectivity index (χ0) is 29.8. The number of carbonyl (C=O) groups is 1. The maximum Gasteiger partial charge on any atom is 0.302 e. The molecular weight excluding hydrogens is 540 g/mol. The van der Waals surface area contributed by atoms with E-state index in [1.807, 2.05) is 77.1 Å². The zero-order valence-electron chi connectivity index (χ0n) is 24.9. The number of hydrogen-bond donors (Lipinski definition) is 1. The average molecular weight is 581 g/mol. The van der Waals surface area contributed by atoms with Gasteiger partial charge < -0.3 is 19.5 Å². The molecule has 8 nitrogen and oxygen atoms in total. The van der Waals surface area contributed by atoms with Crippen molar-refractivity contribution in [2.24, 2.45) is 5.92 Å². The van der Waals surface area contributed by atoms with Gasteiger partial charge in [0.15, 0.2) is 5.69 Å². The van der Waals surface area contributed by atoms with Crippen LogP contribution < -0.4 is 9.47 Å². The Morgan fingerprint density at radius 1 is 0.977 bits per heavy atom. The van der Waals surface area contributed by atoms with Crippen LogP contribution in [0.25, 0.3) is 16.9 Å². The Kier molecular flexibility index (Phi) is 8.77. The van der Waals surface area contributed by atoms with Crippen LogP contribution in [0.2, 0.25) is 0 Å². The summed E-state index contributed by atoms with van der Waals surface area (Å²) in [5, 5.41) is 11.0. The quantitative estimate of drug-likeness (QED) is 0.255. The van der Waals surface area contributed by atoms with Crippen molar-refractivity contribution < 1.29 is 19.4 Å². The van der Waals surface area contributed by atoms with Gasteiger partial charge in [-0.3, -0.25) is 14.3 Å². The Morgan fingerprint density at radius 2 is 1.67 bits per heavy atom. The number of nitrogens with zero attached hydrogens (tertiary/aromatic N) is 4. The minimum Gasteiger partial charge on any atom is -0.495 e. The Bertz CT molecular complexity index is 1520. The van der Waals surface area contributed by atoms with Crippen molar-refractivity contribution in [2.75, 3.05) is 33.4 Å². The first kappa shape index (κ1) is 29.0. The number of aliphatic hydroxyl groups is 1. The fourth-order valence-electron chi connectivity index (χ4n) is 6.14. The van der Waals surface area contributed by atoms with Crippen LogP contribution >= 0.6 is 0 Å². The number of para-hydroxylation sites is 2. The first-order valence-electron chi connectivity index (χ1n) is 15.3. The van der Waals surface area contributed by atoms with Crippen molar-refractivity contribution in [3.8, 4) is 28.7 Å². The lowest BCUT2D eigenvalue weighted by Crippen LogP contribution is -2.56. The van der Waals surface area contributed by atoms with Crippen molar-refractivity contribution in [1.29, 1.82) is 0 Å². The second-order valence-corrected chi connectivity index (χ2v) is 11.4. The molecule has 1 aliphatic carbocycles. The van der Waals surface area contributed by atoms with Gasteiger partial charge in [0, 0.05) is 37.8 Å². The van der Waals surface area contributed by atoms with Crippen LogP contribution in [0.1, 0.15) is 42.2 Å². The Morgan fingerprint density at radius 3 is 2.37 bits per heavy atom. The van der Waals surface area contributed by atoms with Gasteiger partial charge in [0.2, 0.25) is 0 Å². The monoisotopic (exact) mass is 580 g/mol. The van der Waals surface area contributed by atoms with E-state index in [0.717, 1.165) is 37.2 Å². The lowest BCUT2D eigenvalue weighted by Gasteiger charge is -2.42. The molecule has 6 rings (SSSR count). The van der Waals surface area contributed by atoms with Gasteiger partial charge in [-0.15, -0.1) is 0 Å². The number of aliphatic hydroxyl groups excluding tert-OH is 1. The van der Waals surface area contributed by atoms with Crippen LogP contribution in [0.15, 0.2) is 84.9 Å². The van der Waals surface area contributed by atoms with Gasteiger partial charge in [0.25, 0.3) is 5.91 Å². The van der Waals surface area contributed by atoms with Crippen molar-refractivity contribution in [3.63, 3.8) is 0 Å². The summed E-state index contributed by atoms with van der Waals surface area (Å²) < 4.78 is 13.7. The molecule has 2 fully saturated rings. The number of imidazole rings is 1. The Hall–Kier alpha value is -4.14. The highest BCUT2D eigenvalue weighted by atomic mass is 16.5. The molecule has 0 spiro atoms. The molecule has 8 heteroatoms. The number of carbonyl (C=O) groups excluding carboxylic acids is 1. The number of piperazine rings is 1. The molecule has 2 atom stereocenters. The first-order valence-corrected chi connectivity index (χ1v) is 15.3. The number of ether oxygens (including phenoxy) is 2. The highest BCUT2D eigenvalue weighted by Crippen LogP contribution is 2.38. The molecule has 1 aromatic heterocycles. The molecule has 224 valence electrons. The number of benzene rings is 3. The minimum atomic E-state index is -0.421. The molecule has 2 aliphatic rings. The lowest BCUT2D eigenvalue weighted by atomic mass is 10.00. The summed E-state index contributed by atoms with van der Waals surface area (Å²) in [6.07, 6.45) is 2.23. The zero-order valence-corrected chi connectivity index (χ0v) is 24.9. The number of amides is 1. The summed E-state index contributed by atoms with van der Waals surface area (Å²) in [4.78, 5) is 23.8. The van der Waals surface area contributed by atoms with Crippen LogP contribution in [0.5, 0.6) is 11.8 Å². The third-order valence-electron chi connectivity index (χ3n) is 8.45. The van der Waals surface area contributed by atoms with Gasteiger partial charge in [-0.1, -0.05) is 72.8 Å². The third-order valence-corrected chi connectivity index (χ3v) is 8.45. The predicted octanol–water partition coefficient (Wildman–Crippen LogP) is 5.43. The number of methoxy groups -OCH3 is 1. The molecule has 1 amide bonds. The van der Waals surface area contributed by atoms with Crippen LogP contribution in [0.4, 0.5) is 0 Å². The van der Waals surface area contributed by atoms with E-state index in [4.69, 9.17) is 14.5 Å². The maximum atomic E-state index is 14.7. The molecular formula is C35H40N4O4. The molecule has 0 radical (unpaired) electrons. The second kappa shape index (κ2) is 13.0. The molecule has 1 saturated carbocycles. The van der Waals surface area contributed by atoms with E-state index >= 15 is 0 Å². The SMILES string of the molecule is CCOc1nc(C(=O)N2CCN(Cc3ccccc3)C[C@H]2C[C@H](O)C2CC2)c(-c2ccccc2)n1-c1ccccc1OC. The van der Waals surface area contributed by atoms with E-state index in [2.05, 4.69) is 29.2 Å². The number of rotatable bonds is 11. The summed E-state index contributed by atoms with van der Waals surface area (Å²) in [5.41, 5.74) is 3.83. The van der Waals surface area contributed by atoms with Crippen molar-refractivity contribution in [2.45, 2.75) is 44.9 Å². The molecule has 0 unspecified atom stereocenters. The molecule has 1 N–H and O–H groups in total. The fourth-order valence-corrected chi connectivity index (χ4v) is 6.14. The van der Waals surface area contributed by atoms with E-state index in [-0.39, 0.29) is 11.9 Å². The third kappa shape index (κ3) is 6.31. The first-order chi connectivity index (χ1) is 21.1. The second-order valence-electron chi connectivity index (χ2n) is 11.4. The summed E-state index contributed by atoms with van der Waals surface area (Å²) in [7, 11) is 1.63.